The van der Waals surface area contributed by atoms with E-state index in [1.807, 2.05) is 0 Å². The van der Waals surface area contributed by atoms with Crippen molar-refractivity contribution in [1.29, 1.82) is 0 Å². The first-order chi connectivity index (χ1) is 6.63. The first kappa shape index (κ1) is 9.97. The third-order valence-electron chi connectivity index (χ3n) is 1.26. The molecule has 1 rings (SSSR count). The van der Waals surface area contributed by atoms with Crippen molar-refractivity contribution in [3.63, 3.8) is 0 Å². The third kappa shape index (κ3) is 2.44. The summed E-state index contributed by atoms with van der Waals surface area (Å²) in [6.07, 6.45) is 3.83. The van der Waals surface area contributed by atoms with Crippen LogP contribution in [0.5, 0.6) is 0 Å². The molecule has 0 saturated carbocycles. The number of hydrogen-bond donors (Lipinski definition) is 2. The summed E-state index contributed by atoms with van der Waals surface area (Å²) in [7, 11) is 0. The average molecular weight is 196 g/mol. The molecule has 2 N–H and O–H groups in total. The van der Waals surface area contributed by atoms with Crippen molar-refractivity contribution in [3.05, 3.63) is 24.1 Å². The van der Waals surface area contributed by atoms with Gasteiger partial charge in [-0.15, -0.1) is 0 Å². The van der Waals surface area contributed by atoms with Gasteiger partial charge >= 0.3 is 12.0 Å². The van der Waals surface area contributed by atoms with Crippen LogP contribution in [0.25, 0.3) is 0 Å². The van der Waals surface area contributed by atoms with Gasteiger partial charge in [0.1, 0.15) is 0 Å². The number of anilines is 1. The molecule has 74 valence electrons. The lowest BCUT2D eigenvalue weighted by Gasteiger charge is -1.92. The highest BCUT2D eigenvalue weighted by Crippen LogP contribution is 2.08. The normalized spacial score (nSPS) is 10.4. The molecule has 0 radical (unpaired) electrons. The van der Waals surface area contributed by atoms with E-state index in [9.17, 15) is 9.59 Å². The van der Waals surface area contributed by atoms with Crippen LogP contribution < -0.4 is 5.32 Å². The molecule has 6 heteroatoms. The minimum atomic E-state index is -1.23. The molecule has 0 aromatic carbocycles. The molecular formula is C8H8N2O4. The van der Waals surface area contributed by atoms with Crippen molar-refractivity contribution in [3.8, 4) is 0 Å². The first-order valence-electron chi connectivity index (χ1n) is 3.76. The quantitative estimate of drug-likeness (QED) is 0.700. The Labute approximate surface area is 79.2 Å². The maximum atomic E-state index is 10.9. The zero-order chi connectivity index (χ0) is 10.6. The molecule has 1 aromatic heterocycles. The summed E-state index contributed by atoms with van der Waals surface area (Å²) in [6.45, 7) is 1.68. The predicted molar refractivity (Wildman–Crippen MR) is 46.9 cm³/mol. The van der Waals surface area contributed by atoms with Gasteiger partial charge in [-0.05, 0) is 13.0 Å². The monoisotopic (exact) mass is 196 g/mol. The van der Waals surface area contributed by atoms with Crippen molar-refractivity contribution in [1.82, 2.24) is 4.98 Å². The lowest BCUT2D eigenvalue weighted by molar-refractivity contribution is -0.112. The van der Waals surface area contributed by atoms with Gasteiger partial charge in [0.2, 0.25) is 5.76 Å². The number of rotatable bonds is 3. The lowest BCUT2D eigenvalue weighted by Crippen LogP contribution is -2.07. The van der Waals surface area contributed by atoms with E-state index in [1.54, 1.807) is 6.92 Å². The zero-order valence-corrected chi connectivity index (χ0v) is 7.35. The Morgan fingerprint density at radius 2 is 2.36 bits per heavy atom. The molecule has 0 spiro atoms. The van der Waals surface area contributed by atoms with Gasteiger partial charge in [0.25, 0.3) is 5.91 Å². The zero-order valence-electron chi connectivity index (χ0n) is 7.35. The topological polar surface area (TPSA) is 92.4 Å². The first-order valence-corrected chi connectivity index (χ1v) is 3.76. The number of carboxylic acids is 1. The van der Waals surface area contributed by atoms with E-state index in [1.165, 1.54) is 12.2 Å². The SMILES string of the molecule is C/C=C/C(=O)Nc1ncc(C(=O)O)o1. The molecule has 0 fully saturated rings. The Hall–Kier alpha value is -2.11. The second kappa shape index (κ2) is 4.22. The number of allylic oxidation sites excluding steroid dienone is 1. The molecule has 6 nitrogen and oxygen atoms in total. The number of hydrogen-bond acceptors (Lipinski definition) is 4. The molecule has 0 saturated heterocycles. The summed E-state index contributed by atoms with van der Waals surface area (Å²) < 4.78 is 4.69. The molecule has 1 aromatic rings. The Morgan fingerprint density at radius 3 is 2.86 bits per heavy atom. The van der Waals surface area contributed by atoms with Crippen LogP contribution in [0, 0.1) is 0 Å². The summed E-state index contributed by atoms with van der Waals surface area (Å²) in [6, 6.07) is -0.134. The molecule has 0 bridgehead atoms. The fourth-order valence-corrected chi connectivity index (χ4v) is 0.729. The molecule has 0 aliphatic heterocycles. The number of nitrogens with one attached hydrogen (secondary N) is 1. The van der Waals surface area contributed by atoms with E-state index in [0.717, 1.165) is 6.20 Å². The Balaban J connectivity index is 2.69. The third-order valence-corrected chi connectivity index (χ3v) is 1.26. The second-order valence-electron chi connectivity index (χ2n) is 2.32. The van der Waals surface area contributed by atoms with Crippen molar-refractivity contribution in [2.24, 2.45) is 0 Å². The number of amides is 1. The van der Waals surface area contributed by atoms with E-state index in [4.69, 9.17) is 5.11 Å². The van der Waals surface area contributed by atoms with E-state index >= 15 is 0 Å². The number of nitrogens with zero attached hydrogens (tertiary/aromatic N) is 1. The lowest BCUT2D eigenvalue weighted by atomic mass is 10.5. The van der Waals surface area contributed by atoms with Crippen molar-refractivity contribution < 1.29 is 19.1 Å². The Morgan fingerprint density at radius 1 is 1.64 bits per heavy atom. The average Bonchev–Trinajstić information content (AvgIpc) is 2.53. The molecular weight excluding hydrogens is 188 g/mol. The predicted octanol–water partition coefficient (Wildman–Crippen LogP) is 0.887. The summed E-state index contributed by atoms with van der Waals surface area (Å²) in [5.41, 5.74) is 0. The van der Waals surface area contributed by atoms with E-state index in [-0.39, 0.29) is 11.8 Å². The molecule has 0 atom stereocenters. The van der Waals surface area contributed by atoms with Crippen LogP contribution in [0.3, 0.4) is 0 Å². The van der Waals surface area contributed by atoms with Crippen molar-refractivity contribution >= 4 is 17.9 Å². The maximum Gasteiger partial charge on any atom is 0.373 e. The standard InChI is InChI=1S/C8H8N2O4/c1-2-3-6(11)10-8-9-4-5(14-8)7(12)13/h2-4H,1H3,(H,12,13)(H,9,10,11)/b3-2+. The van der Waals surface area contributed by atoms with Crippen LogP contribution in [0.4, 0.5) is 6.01 Å². The molecule has 0 aliphatic rings. The molecule has 1 heterocycles. The van der Waals surface area contributed by atoms with E-state index in [0.29, 0.717) is 0 Å². The van der Waals surface area contributed by atoms with Crippen LogP contribution in [-0.2, 0) is 4.79 Å². The summed E-state index contributed by atoms with van der Waals surface area (Å²) in [5, 5.41) is 10.7. The number of carbonyl (C=O) groups is 2. The number of aromatic carboxylic acids is 1. The van der Waals surface area contributed by atoms with Gasteiger partial charge in [0.15, 0.2) is 0 Å². The minimum Gasteiger partial charge on any atom is -0.475 e. The van der Waals surface area contributed by atoms with E-state index < -0.39 is 11.9 Å². The summed E-state index contributed by atoms with van der Waals surface area (Å²) in [4.78, 5) is 24.9. The summed E-state index contributed by atoms with van der Waals surface area (Å²) >= 11 is 0. The molecule has 1 amide bonds. The van der Waals surface area contributed by atoms with Gasteiger partial charge in [0.05, 0.1) is 6.20 Å². The molecule has 14 heavy (non-hydrogen) atoms. The molecule has 0 unspecified atom stereocenters. The highest BCUT2D eigenvalue weighted by Gasteiger charge is 2.11. The maximum absolute atomic E-state index is 10.9. The van der Waals surface area contributed by atoms with Crippen molar-refractivity contribution in [2.75, 3.05) is 5.32 Å². The van der Waals surface area contributed by atoms with Crippen LogP contribution in [0.2, 0.25) is 0 Å². The fourth-order valence-electron chi connectivity index (χ4n) is 0.729. The van der Waals surface area contributed by atoms with Gasteiger partial charge < -0.3 is 9.52 Å². The van der Waals surface area contributed by atoms with Gasteiger partial charge in [-0.25, -0.2) is 9.78 Å². The largest absolute Gasteiger partial charge is 0.475 e. The van der Waals surface area contributed by atoms with Crippen LogP contribution in [0.15, 0.2) is 22.8 Å². The number of carboxylic acid groups (broad SMARTS) is 1. The Kier molecular flexibility index (Phi) is 3.01. The highest BCUT2D eigenvalue weighted by molar-refractivity contribution is 5.98. The smallest absolute Gasteiger partial charge is 0.373 e. The van der Waals surface area contributed by atoms with Crippen molar-refractivity contribution in [2.45, 2.75) is 6.92 Å². The Bertz CT molecular complexity index is 380. The van der Waals surface area contributed by atoms with Crippen LogP contribution in [0.1, 0.15) is 17.5 Å². The van der Waals surface area contributed by atoms with Crippen LogP contribution in [-0.4, -0.2) is 22.0 Å². The second-order valence-corrected chi connectivity index (χ2v) is 2.32. The highest BCUT2D eigenvalue weighted by atomic mass is 16.4. The van der Waals surface area contributed by atoms with E-state index in [2.05, 4.69) is 14.7 Å². The fraction of sp³-hybridized carbons (Fsp3) is 0.125. The number of oxazole rings is 1. The van der Waals surface area contributed by atoms with Gasteiger partial charge in [-0.3, -0.25) is 10.1 Å². The minimum absolute atomic E-state index is 0.134. The summed E-state index contributed by atoms with van der Waals surface area (Å²) in [5.74, 6) is -1.98. The van der Waals surface area contributed by atoms with Crippen LogP contribution >= 0.6 is 0 Å². The molecule has 0 aliphatic carbocycles. The van der Waals surface area contributed by atoms with Gasteiger partial charge in [-0.2, -0.15) is 0 Å². The number of aromatic nitrogens is 1. The van der Waals surface area contributed by atoms with Gasteiger partial charge in [-0.1, -0.05) is 6.08 Å². The number of carbonyl (C=O) groups excluding carboxylic acids is 1. The van der Waals surface area contributed by atoms with Gasteiger partial charge in [0, 0.05) is 0 Å².